The minimum Gasteiger partial charge on any atom is -0.439 e. The fourth-order valence-electron chi connectivity index (χ4n) is 1.73. The second kappa shape index (κ2) is 8.76. The number of aliphatic hydroxyl groups is 1. The molecule has 0 fully saturated rings. The average Bonchev–Trinajstić information content (AvgIpc) is 2.56. The van der Waals surface area contributed by atoms with Gasteiger partial charge >= 0.3 is 0 Å². The van der Waals surface area contributed by atoms with Crippen LogP contribution in [0.1, 0.15) is 10.4 Å². The molecule has 116 valence electrons. The van der Waals surface area contributed by atoms with E-state index in [-0.39, 0.29) is 19.1 Å². The van der Waals surface area contributed by atoms with Gasteiger partial charge in [0, 0.05) is 24.4 Å². The molecule has 0 saturated carbocycles. The summed E-state index contributed by atoms with van der Waals surface area (Å²) in [5, 5.41) is 11.3. The van der Waals surface area contributed by atoms with E-state index >= 15 is 0 Å². The maximum absolute atomic E-state index is 12.0. The molecule has 6 heteroatoms. The van der Waals surface area contributed by atoms with Gasteiger partial charge in [-0.15, -0.1) is 0 Å². The van der Waals surface area contributed by atoms with Crippen LogP contribution >= 0.6 is 0 Å². The second-order valence-corrected chi connectivity index (χ2v) is 4.39. The SMILES string of the molecule is O=C(NCCOCCO)c1cccc(Oc2ccccn2)c1. The molecule has 0 unspecified atom stereocenters. The number of nitrogens with one attached hydrogen (secondary N) is 1. The van der Waals surface area contributed by atoms with Gasteiger partial charge in [-0.05, 0) is 24.3 Å². The Kier molecular flexibility index (Phi) is 6.35. The van der Waals surface area contributed by atoms with Gasteiger partial charge in [0.25, 0.3) is 5.91 Å². The van der Waals surface area contributed by atoms with Gasteiger partial charge in [-0.2, -0.15) is 0 Å². The van der Waals surface area contributed by atoms with Crippen LogP contribution in [0.2, 0.25) is 0 Å². The van der Waals surface area contributed by atoms with E-state index in [9.17, 15) is 4.79 Å². The summed E-state index contributed by atoms with van der Waals surface area (Å²) in [5.41, 5.74) is 0.496. The molecule has 6 nitrogen and oxygen atoms in total. The highest BCUT2D eigenvalue weighted by Crippen LogP contribution is 2.19. The van der Waals surface area contributed by atoms with Gasteiger partial charge in [-0.25, -0.2) is 4.98 Å². The van der Waals surface area contributed by atoms with Crippen molar-refractivity contribution in [3.05, 3.63) is 54.2 Å². The molecule has 0 aliphatic carbocycles. The van der Waals surface area contributed by atoms with Crippen molar-refractivity contribution >= 4 is 5.91 Å². The first kappa shape index (κ1) is 15.9. The zero-order valence-corrected chi connectivity index (χ0v) is 12.1. The summed E-state index contributed by atoms with van der Waals surface area (Å²) in [6, 6.07) is 12.2. The summed E-state index contributed by atoms with van der Waals surface area (Å²) in [4.78, 5) is 16.1. The van der Waals surface area contributed by atoms with E-state index in [0.29, 0.717) is 30.3 Å². The average molecular weight is 302 g/mol. The van der Waals surface area contributed by atoms with E-state index in [0.717, 1.165) is 0 Å². The third-order valence-corrected chi connectivity index (χ3v) is 2.72. The zero-order valence-electron chi connectivity index (χ0n) is 12.1. The molecular weight excluding hydrogens is 284 g/mol. The van der Waals surface area contributed by atoms with Crippen molar-refractivity contribution in [3.8, 4) is 11.6 Å². The molecule has 0 spiro atoms. The van der Waals surface area contributed by atoms with Gasteiger partial charge in [0.1, 0.15) is 5.75 Å². The van der Waals surface area contributed by atoms with Crippen molar-refractivity contribution in [2.45, 2.75) is 0 Å². The van der Waals surface area contributed by atoms with E-state index in [4.69, 9.17) is 14.6 Å². The third kappa shape index (κ3) is 5.16. The predicted molar refractivity (Wildman–Crippen MR) is 81.0 cm³/mol. The lowest BCUT2D eigenvalue weighted by molar-refractivity contribution is 0.0838. The van der Waals surface area contributed by atoms with Crippen LogP contribution in [-0.2, 0) is 4.74 Å². The lowest BCUT2D eigenvalue weighted by atomic mass is 10.2. The second-order valence-electron chi connectivity index (χ2n) is 4.39. The minimum atomic E-state index is -0.209. The van der Waals surface area contributed by atoms with Gasteiger partial charge in [0.05, 0.1) is 19.8 Å². The molecule has 0 saturated heterocycles. The number of nitrogens with zero attached hydrogens (tertiary/aromatic N) is 1. The summed E-state index contributed by atoms with van der Waals surface area (Å²) < 4.78 is 10.7. The Bertz CT molecular complexity index is 590. The number of hydrogen-bond donors (Lipinski definition) is 2. The van der Waals surface area contributed by atoms with Crippen LogP contribution in [0.4, 0.5) is 0 Å². The number of ether oxygens (including phenoxy) is 2. The number of aliphatic hydroxyl groups excluding tert-OH is 1. The lowest BCUT2D eigenvalue weighted by Crippen LogP contribution is -2.27. The molecule has 0 aliphatic rings. The molecule has 2 rings (SSSR count). The molecular formula is C16H18N2O4. The topological polar surface area (TPSA) is 80.7 Å². The van der Waals surface area contributed by atoms with Crippen LogP contribution in [-0.4, -0.2) is 42.4 Å². The predicted octanol–water partition coefficient (Wildman–Crippen LogP) is 1.61. The smallest absolute Gasteiger partial charge is 0.251 e. The van der Waals surface area contributed by atoms with E-state index in [1.54, 1.807) is 42.6 Å². The van der Waals surface area contributed by atoms with Gasteiger partial charge in [-0.1, -0.05) is 12.1 Å². The van der Waals surface area contributed by atoms with Crippen LogP contribution in [0.3, 0.4) is 0 Å². The first-order valence-electron chi connectivity index (χ1n) is 6.95. The molecule has 0 radical (unpaired) electrons. The number of benzene rings is 1. The number of pyridine rings is 1. The van der Waals surface area contributed by atoms with E-state index in [1.165, 1.54) is 0 Å². The first-order chi connectivity index (χ1) is 10.8. The standard InChI is InChI=1S/C16H18N2O4/c19-9-11-21-10-8-18-16(20)13-4-3-5-14(12-13)22-15-6-1-2-7-17-15/h1-7,12,19H,8-11H2,(H,18,20). The summed E-state index contributed by atoms with van der Waals surface area (Å²) in [6.45, 7) is 0.977. The summed E-state index contributed by atoms with van der Waals surface area (Å²) in [7, 11) is 0. The Balaban J connectivity index is 1.89. The molecule has 1 heterocycles. The summed E-state index contributed by atoms with van der Waals surface area (Å²) in [6.07, 6.45) is 1.64. The maximum atomic E-state index is 12.0. The van der Waals surface area contributed by atoms with Crippen molar-refractivity contribution < 1.29 is 19.4 Å². The van der Waals surface area contributed by atoms with E-state index < -0.39 is 0 Å². The largest absolute Gasteiger partial charge is 0.439 e. The fourth-order valence-corrected chi connectivity index (χ4v) is 1.73. The quantitative estimate of drug-likeness (QED) is 0.724. The van der Waals surface area contributed by atoms with Crippen LogP contribution in [0.25, 0.3) is 0 Å². The summed E-state index contributed by atoms with van der Waals surface area (Å²) >= 11 is 0. The van der Waals surface area contributed by atoms with Crippen LogP contribution in [0.5, 0.6) is 11.6 Å². The monoisotopic (exact) mass is 302 g/mol. The van der Waals surface area contributed by atoms with Crippen LogP contribution in [0.15, 0.2) is 48.7 Å². The van der Waals surface area contributed by atoms with Gasteiger partial charge in [-0.3, -0.25) is 4.79 Å². The van der Waals surface area contributed by atoms with Crippen molar-refractivity contribution in [2.24, 2.45) is 0 Å². The van der Waals surface area contributed by atoms with Crippen molar-refractivity contribution in [2.75, 3.05) is 26.4 Å². The van der Waals surface area contributed by atoms with Crippen molar-refractivity contribution in [3.63, 3.8) is 0 Å². The Labute approximate surface area is 128 Å². The Morgan fingerprint density at radius 2 is 2.09 bits per heavy atom. The zero-order chi connectivity index (χ0) is 15.6. The number of hydrogen-bond acceptors (Lipinski definition) is 5. The Morgan fingerprint density at radius 1 is 1.18 bits per heavy atom. The molecule has 2 aromatic rings. The van der Waals surface area contributed by atoms with Crippen molar-refractivity contribution in [1.29, 1.82) is 0 Å². The van der Waals surface area contributed by atoms with Crippen LogP contribution < -0.4 is 10.1 Å². The van der Waals surface area contributed by atoms with Crippen LogP contribution in [0, 0.1) is 0 Å². The number of carbonyl (C=O) groups excluding carboxylic acids is 1. The van der Waals surface area contributed by atoms with Crippen molar-refractivity contribution in [1.82, 2.24) is 10.3 Å². The van der Waals surface area contributed by atoms with Gasteiger partial charge in [0.2, 0.25) is 5.88 Å². The molecule has 0 bridgehead atoms. The molecule has 1 amide bonds. The highest BCUT2D eigenvalue weighted by atomic mass is 16.5. The maximum Gasteiger partial charge on any atom is 0.251 e. The van der Waals surface area contributed by atoms with Gasteiger partial charge < -0.3 is 19.9 Å². The lowest BCUT2D eigenvalue weighted by Gasteiger charge is -2.08. The Hall–Kier alpha value is -2.44. The number of rotatable bonds is 8. The molecule has 2 N–H and O–H groups in total. The summed E-state index contributed by atoms with van der Waals surface area (Å²) in [5.74, 6) is 0.805. The molecule has 1 aromatic heterocycles. The molecule has 0 aliphatic heterocycles. The highest BCUT2D eigenvalue weighted by molar-refractivity contribution is 5.94. The number of aromatic nitrogens is 1. The fraction of sp³-hybridized carbons (Fsp3) is 0.250. The molecule has 1 aromatic carbocycles. The highest BCUT2D eigenvalue weighted by Gasteiger charge is 2.07. The first-order valence-corrected chi connectivity index (χ1v) is 6.95. The van der Waals surface area contributed by atoms with E-state index in [1.807, 2.05) is 6.07 Å². The van der Waals surface area contributed by atoms with E-state index in [2.05, 4.69) is 10.3 Å². The third-order valence-electron chi connectivity index (χ3n) is 2.72. The normalized spacial score (nSPS) is 10.2. The molecule has 0 atom stereocenters. The molecule has 22 heavy (non-hydrogen) atoms. The Morgan fingerprint density at radius 3 is 2.86 bits per heavy atom. The minimum absolute atomic E-state index is 0.0269. The number of carbonyl (C=O) groups is 1. The van der Waals surface area contributed by atoms with Gasteiger partial charge in [0.15, 0.2) is 0 Å². The number of amides is 1.